The van der Waals surface area contributed by atoms with E-state index in [4.69, 9.17) is 5.11 Å². The lowest BCUT2D eigenvalue weighted by atomic mass is 10.2. The number of nitrogens with zero attached hydrogens (tertiary/aromatic N) is 1. The summed E-state index contributed by atoms with van der Waals surface area (Å²) in [7, 11) is 0. The Balaban J connectivity index is 3.76. The minimum atomic E-state index is -0.974. The van der Waals surface area contributed by atoms with Crippen LogP contribution >= 0.6 is 0 Å². The van der Waals surface area contributed by atoms with Gasteiger partial charge in [-0.3, -0.25) is 9.59 Å². The van der Waals surface area contributed by atoms with E-state index in [1.807, 2.05) is 13.8 Å². The van der Waals surface area contributed by atoms with E-state index in [1.165, 1.54) is 4.90 Å². The van der Waals surface area contributed by atoms with Gasteiger partial charge in [0, 0.05) is 6.54 Å². The second kappa shape index (κ2) is 4.71. The van der Waals surface area contributed by atoms with Crippen LogP contribution in [0, 0.1) is 5.92 Å². The molecule has 4 heteroatoms. The van der Waals surface area contributed by atoms with E-state index >= 15 is 0 Å². The van der Waals surface area contributed by atoms with Gasteiger partial charge in [-0.05, 0) is 5.92 Å². The first-order valence-electron chi connectivity index (χ1n) is 3.47. The molecule has 0 aromatic heterocycles. The fourth-order valence-corrected chi connectivity index (χ4v) is 0.788. The lowest BCUT2D eigenvalue weighted by Crippen LogP contribution is -2.31. The highest BCUT2D eigenvalue weighted by Crippen LogP contribution is 1.94. The van der Waals surface area contributed by atoms with Gasteiger partial charge in [-0.1, -0.05) is 13.8 Å². The van der Waals surface area contributed by atoms with Gasteiger partial charge in [0.05, 0.1) is 0 Å². The van der Waals surface area contributed by atoms with Crippen molar-refractivity contribution in [3.8, 4) is 0 Å². The molecule has 0 bridgehead atoms. The molecule has 0 aliphatic rings. The van der Waals surface area contributed by atoms with Crippen molar-refractivity contribution in [3.05, 3.63) is 0 Å². The van der Waals surface area contributed by atoms with Crippen molar-refractivity contribution in [1.82, 2.24) is 4.90 Å². The van der Waals surface area contributed by atoms with Crippen molar-refractivity contribution in [2.75, 3.05) is 13.1 Å². The van der Waals surface area contributed by atoms with E-state index in [9.17, 15) is 9.59 Å². The van der Waals surface area contributed by atoms with Gasteiger partial charge in [0.25, 0.3) is 0 Å². The van der Waals surface area contributed by atoms with Crippen LogP contribution in [0.25, 0.3) is 0 Å². The second-order valence-electron chi connectivity index (χ2n) is 2.82. The number of carboxylic acid groups (broad SMARTS) is 1. The number of rotatable bonds is 5. The van der Waals surface area contributed by atoms with Crippen LogP contribution in [0.4, 0.5) is 0 Å². The van der Waals surface area contributed by atoms with Crippen LogP contribution in [0.5, 0.6) is 0 Å². The molecule has 0 rings (SSSR count). The summed E-state index contributed by atoms with van der Waals surface area (Å²) in [5, 5.41) is 8.33. The number of hydrogen-bond donors (Lipinski definition) is 1. The minimum Gasteiger partial charge on any atom is -0.480 e. The van der Waals surface area contributed by atoms with Crippen molar-refractivity contribution in [2.24, 2.45) is 5.92 Å². The Bertz CT molecular complexity index is 145. The van der Waals surface area contributed by atoms with E-state index in [0.29, 0.717) is 18.9 Å². The zero-order valence-corrected chi connectivity index (χ0v) is 6.78. The van der Waals surface area contributed by atoms with E-state index in [1.54, 1.807) is 0 Å². The smallest absolute Gasteiger partial charge is 0.323 e. The molecular weight excluding hydrogens is 146 g/mol. The molecule has 11 heavy (non-hydrogen) atoms. The lowest BCUT2D eigenvalue weighted by molar-refractivity contribution is -0.141. The average molecular weight is 159 g/mol. The van der Waals surface area contributed by atoms with E-state index < -0.39 is 5.97 Å². The van der Waals surface area contributed by atoms with Crippen LogP contribution < -0.4 is 0 Å². The summed E-state index contributed by atoms with van der Waals surface area (Å²) < 4.78 is 0. The van der Waals surface area contributed by atoms with E-state index in [2.05, 4.69) is 0 Å². The van der Waals surface area contributed by atoms with Crippen molar-refractivity contribution < 1.29 is 14.7 Å². The molecule has 0 fully saturated rings. The fraction of sp³-hybridized carbons (Fsp3) is 0.714. The maximum Gasteiger partial charge on any atom is 0.323 e. The Morgan fingerprint density at radius 2 is 2.18 bits per heavy atom. The Hall–Kier alpha value is -1.06. The lowest BCUT2D eigenvalue weighted by Gasteiger charge is -2.16. The number of amides is 1. The van der Waals surface area contributed by atoms with Gasteiger partial charge in [0.1, 0.15) is 6.54 Å². The Labute approximate surface area is 65.8 Å². The first-order valence-corrected chi connectivity index (χ1v) is 3.47. The zero-order valence-electron chi connectivity index (χ0n) is 6.78. The van der Waals surface area contributed by atoms with Gasteiger partial charge in [-0.15, -0.1) is 0 Å². The number of aliphatic carboxylic acids is 1. The molecule has 0 spiro atoms. The fourth-order valence-electron chi connectivity index (χ4n) is 0.788. The normalized spacial score (nSPS) is 9.73. The SMILES string of the molecule is CC(C)CN(C=O)CC(=O)O. The molecule has 0 saturated carbocycles. The Morgan fingerprint density at radius 3 is 2.45 bits per heavy atom. The summed E-state index contributed by atoms with van der Waals surface area (Å²) in [6, 6.07) is 0. The first kappa shape index (κ1) is 9.94. The third-order valence-corrected chi connectivity index (χ3v) is 1.09. The van der Waals surface area contributed by atoms with E-state index in [0.717, 1.165) is 0 Å². The Kier molecular flexibility index (Phi) is 4.26. The Morgan fingerprint density at radius 1 is 1.64 bits per heavy atom. The molecule has 0 radical (unpaired) electrons. The molecule has 1 amide bonds. The monoisotopic (exact) mass is 159 g/mol. The van der Waals surface area contributed by atoms with Crippen LogP contribution in [-0.4, -0.2) is 35.5 Å². The zero-order chi connectivity index (χ0) is 8.85. The minimum absolute atomic E-state index is 0.207. The van der Waals surface area contributed by atoms with Gasteiger partial charge in [-0.2, -0.15) is 0 Å². The molecule has 64 valence electrons. The van der Waals surface area contributed by atoms with Gasteiger partial charge < -0.3 is 10.0 Å². The third kappa shape index (κ3) is 5.39. The topological polar surface area (TPSA) is 57.6 Å². The maximum atomic E-state index is 10.2. The van der Waals surface area contributed by atoms with Crippen LogP contribution in [0.2, 0.25) is 0 Å². The van der Waals surface area contributed by atoms with Crippen molar-refractivity contribution in [2.45, 2.75) is 13.8 Å². The summed E-state index contributed by atoms with van der Waals surface area (Å²) in [4.78, 5) is 21.6. The highest BCUT2D eigenvalue weighted by molar-refractivity contribution is 5.71. The summed E-state index contributed by atoms with van der Waals surface area (Å²) in [5.41, 5.74) is 0. The average Bonchev–Trinajstić information content (AvgIpc) is 1.84. The first-order chi connectivity index (χ1) is 5.06. The van der Waals surface area contributed by atoms with Crippen molar-refractivity contribution in [3.63, 3.8) is 0 Å². The summed E-state index contributed by atoms with van der Waals surface area (Å²) in [6.45, 7) is 4.15. The molecule has 1 N–H and O–H groups in total. The molecular formula is C7H13NO3. The molecule has 0 atom stereocenters. The highest BCUT2D eigenvalue weighted by Gasteiger charge is 2.07. The highest BCUT2D eigenvalue weighted by atomic mass is 16.4. The van der Waals surface area contributed by atoms with Crippen LogP contribution in [0.3, 0.4) is 0 Å². The predicted molar refractivity (Wildman–Crippen MR) is 40.1 cm³/mol. The van der Waals surface area contributed by atoms with Crippen LogP contribution in [0.15, 0.2) is 0 Å². The van der Waals surface area contributed by atoms with Gasteiger partial charge >= 0.3 is 5.97 Å². The molecule has 0 unspecified atom stereocenters. The van der Waals surface area contributed by atoms with Crippen molar-refractivity contribution in [1.29, 1.82) is 0 Å². The van der Waals surface area contributed by atoms with Crippen LogP contribution in [0.1, 0.15) is 13.8 Å². The largest absolute Gasteiger partial charge is 0.480 e. The molecule has 0 heterocycles. The molecule has 0 aliphatic carbocycles. The predicted octanol–water partition coefficient (Wildman–Crippen LogP) is 0.185. The second-order valence-corrected chi connectivity index (χ2v) is 2.82. The molecule has 0 aromatic carbocycles. The molecule has 0 aliphatic heterocycles. The quantitative estimate of drug-likeness (QED) is 0.582. The molecule has 4 nitrogen and oxygen atoms in total. The van der Waals surface area contributed by atoms with Gasteiger partial charge in [0.15, 0.2) is 0 Å². The summed E-state index contributed by atoms with van der Waals surface area (Å²) >= 11 is 0. The van der Waals surface area contributed by atoms with E-state index in [-0.39, 0.29) is 6.54 Å². The number of carbonyl (C=O) groups excluding carboxylic acids is 1. The molecule has 0 saturated heterocycles. The van der Waals surface area contributed by atoms with Gasteiger partial charge in [-0.25, -0.2) is 0 Å². The third-order valence-electron chi connectivity index (χ3n) is 1.09. The number of carbonyl (C=O) groups is 2. The number of carboxylic acids is 1. The summed E-state index contributed by atoms with van der Waals surface area (Å²) in [6.07, 6.45) is 0.564. The standard InChI is InChI=1S/C7H13NO3/c1-6(2)3-8(5-9)4-7(10)11/h5-6H,3-4H2,1-2H3,(H,10,11). The number of hydrogen-bond acceptors (Lipinski definition) is 2. The van der Waals surface area contributed by atoms with Gasteiger partial charge in [0.2, 0.25) is 6.41 Å². The maximum absolute atomic E-state index is 10.2. The molecule has 0 aromatic rings. The van der Waals surface area contributed by atoms with Crippen molar-refractivity contribution >= 4 is 12.4 Å². The van der Waals surface area contributed by atoms with Crippen LogP contribution in [-0.2, 0) is 9.59 Å². The summed E-state index contributed by atoms with van der Waals surface area (Å²) in [5.74, 6) is -0.669.